The molecular formula is C28H26ClN3O4. The molecule has 7 nitrogen and oxygen atoms in total. The summed E-state index contributed by atoms with van der Waals surface area (Å²) in [6, 6.07) is 18.5. The third-order valence-electron chi connectivity index (χ3n) is 6.60. The van der Waals surface area contributed by atoms with Crippen LogP contribution in [0, 0.1) is 6.92 Å². The van der Waals surface area contributed by atoms with E-state index in [0.717, 1.165) is 22.3 Å². The van der Waals surface area contributed by atoms with E-state index in [4.69, 9.17) is 21.1 Å². The molecule has 0 aliphatic carbocycles. The molecule has 0 bridgehead atoms. The Labute approximate surface area is 214 Å². The number of nitrogens with zero attached hydrogens (tertiary/aromatic N) is 2. The van der Waals surface area contributed by atoms with Crippen LogP contribution in [0.15, 0.2) is 60.7 Å². The molecule has 0 saturated carbocycles. The van der Waals surface area contributed by atoms with E-state index in [1.165, 1.54) is 0 Å². The highest BCUT2D eigenvalue weighted by atomic mass is 35.5. The largest absolute Gasteiger partial charge is 0.507 e. The second kappa shape index (κ2) is 9.59. The molecule has 1 aromatic heterocycles. The Balaban J connectivity index is 1.55. The molecule has 1 atom stereocenters. The van der Waals surface area contributed by atoms with E-state index in [9.17, 15) is 9.90 Å². The standard InChI is InChI=1S/C28H26ClN3O4/c1-16-13-21(33)19(15-20(16)29)25-24-26(31-30-25)28(34)32(27(24)18-7-5-4-6-8-18)12-11-17-9-10-22(35-2)23(14-17)36-3/h4-10,13-15,27,33H,11-12H2,1-3H3,(H,30,31)/t27-/m0/s1. The minimum Gasteiger partial charge on any atom is -0.507 e. The molecule has 4 aromatic rings. The Bertz CT molecular complexity index is 1430. The number of amides is 1. The Morgan fingerprint density at radius 3 is 2.53 bits per heavy atom. The molecule has 2 N–H and O–H groups in total. The van der Waals surface area contributed by atoms with E-state index >= 15 is 0 Å². The number of rotatable bonds is 7. The third kappa shape index (κ3) is 4.05. The number of carbonyl (C=O) groups excluding carboxylic acids is 1. The number of aromatic hydroxyl groups is 1. The number of halogens is 1. The predicted octanol–water partition coefficient (Wildman–Crippen LogP) is 5.55. The number of carbonyl (C=O) groups is 1. The van der Waals surface area contributed by atoms with Crippen LogP contribution in [0.25, 0.3) is 11.3 Å². The van der Waals surface area contributed by atoms with Crippen molar-refractivity contribution in [1.82, 2.24) is 15.1 Å². The lowest BCUT2D eigenvalue weighted by Gasteiger charge is -2.26. The van der Waals surface area contributed by atoms with Crippen molar-refractivity contribution < 1.29 is 19.4 Å². The van der Waals surface area contributed by atoms with Gasteiger partial charge in [-0.3, -0.25) is 9.89 Å². The van der Waals surface area contributed by atoms with E-state index in [1.807, 2.05) is 60.4 Å². The van der Waals surface area contributed by atoms with Crippen LogP contribution in [0.1, 0.15) is 38.8 Å². The lowest BCUT2D eigenvalue weighted by Crippen LogP contribution is -2.31. The number of benzene rings is 3. The lowest BCUT2D eigenvalue weighted by atomic mass is 9.95. The van der Waals surface area contributed by atoms with Crippen molar-refractivity contribution in [2.45, 2.75) is 19.4 Å². The number of methoxy groups -OCH3 is 2. The first-order chi connectivity index (χ1) is 17.4. The molecule has 2 heterocycles. The van der Waals surface area contributed by atoms with E-state index in [2.05, 4.69) is 10.2 Å². The molecule has 5 rings (SSSR count). The molecule has 0 fully saturated rings. The zero-order valence-corrected chi connectivity index (χ0v) is 21.0. The molecule has 0 spiro atoms. The van der Waals surface area contributed by atoms with Crippen LogP contribution in [0.4, 0.5) is 0 Å². The number of nitrogens with one attached hydrogen (secondary N) is 1. The Hall–Kier alpha value is -3.97. The minimum atomic E-state index is -0.373. The third-order valence-corrected chi connectivity index (χ3v) is 7.01. The number of aromatic amines is 1. The minimum absolute atomic E-state index is 0.0641. The zero-order chi connectivity index (χ0) is 25.4. The number of phenolic OH excluding ortho intramolecular Hbond substituents is 1. The van der Waals surface area contributed by atoms with Crippen LogP contribution in [0.5, 0.6) is 17.2 Å². The van der Waals surface area contributed by atoms with Gasteiger partial charge < -0.3 is 19.5 Å². The summed E-state index contributed by atoms with van der Waals surface area (Å²) in [5, 5.41) is 18.6. The fourth-order valence-corrected chi connectivity index (χ4v) is 4.92. The molecule has 0 unspecified atom stereocenters. The SMILES string of the molecule is COc1ccc(CCN2C(=O)c3[nH]nc(-c4cc(Cl)c(C)cc4O)c3[C@@H]2c2ccccc2)cc1OC. The van der Waals surface area contributed by atoms with Crippen LogP contribution in [-0.4, -0.2) is 46.9 Å². The summed E-state index contributed by atoms with van der Waals surface area (Å²) in [7, 11) is 3.20. The van der Waals surface area contributed by atoms with Crippen molar-refractivity contribution in [2.24, 2.45) is 0 Å². The first-order valence-electron chi connectivity index (χ1n) is 11.6. The van der Waals surface area contributed by atoms with Crippen molar-refractivity contribution in [2.75, 3.05) is 20.8 Å². The molecule has 1 amide bonds. The van der Waals surface area contributed by atoms with Gasteiger partial charge in [0.15, 0.2) is 11.5 Å². The van der Waals surface area contributed by atoms with Gasteiger partial charge in [0, 0.05) is 22.7 Å². The van der Waals surface area contributed by atoms with E-state index in [1.54, 1.807) is 26.4 Å². The number of H-pyrrole nitrogens is 1. The Morgan fingerprint density at radius 2 is 1.81 bits per heavy atom. The zero-order valence-electron chi connectivity index (χ0n) is 20.2. The lowest BCUT2D eigenvalue weighted by molar-refractivity contribution is 0.0746. The van der Waals surface area contributed by atoms with E-state index in [0.29, 0.717) is 46.4 Å². The monoisotopic (exact) mass is 503 g/mol. The highest BCUT2D eigenvalue weighted by molar-refractivity contribution is 6.31. The summed E-state index contributed by atoms with van der Waals surface area (Å²) in [6.45, 7) is 2.30. The predicted molar refractivity (Wildman–Crippen MR) is 138 cm³/mol. The maximum Gasteiger partial charge on any atom is 0.273 e. The Morgan fingerprint density at radius 1 is 1.06 bits per heavy atom. The number of fused-ring (bicyclic) bond motifs is 1. The van der Waals surface area contributed by atoms with Crippen molar-refractivity contribution in [3.8, 4) is 28.5 Å². The van der Waals surface area contributed by atoms with Gasteiger partial charge in [0.1, 0.15) is 17.1 Å². The van der Waals surface area contributed by atoms with Gasteiger partial charge in [0.05, 0.1) is 20.3 Å². The topological polar surface area (TPSA) is 87.7 Å². The smallest absolute Gasteiger partial charge is 0.273 e. The molecule has 36 heavy (non-hydrogen) atoms. The highest BCUT2D eigenvalue weighted by Crippen LogP contribution is 2.45. The molecule has 1 aliphatic heterocycles. The maximum atomic E-state index is 13.6. The molecular weight excluding hydrogens is 478 g/mol. The molecule has 3 aromatic carbocycles. The quantitative estimate of drug-likeness (QED) is 0.345. The summed E-state index contributed by atoms with van der Waals surface area (Å²) in [5.74, 6) is 1.22. The normalized spacial score (nSPS) is 14.7. The van der Waals surface area contributed by atoms with Crippen LogP contribution >= 0.6 is 11.6 Å². The second-order valence-corrected chi connectivity index (χ2v) is 9.14. The van der Waals surface area contributed by atoms with Gasteiger partial charge in [0.25, 0.3) is 5.91 Å². The van der Waals surface area contributed by atoms with Gasteiger partial charge in [0.2, 0.25) is 0 Å². The number of aryl methyl sites for hydroxylation is 1. The molecule has 1 aliphatic rings. The summed E-state index contributed by atoms with van der Waals surface area (Å²) in [4.78, 5) is 15.4. The van der Waals surface area contributed by atoms with Crippen LogP contribution in [0.2, 0.25) is 5.02 Å². The Kier molecular flexibility index (Phi) is 6.33. The summed E-state index contributed by atoms with van der Waals surface area (Å²) >= 11 is 6.38. The van der Waals surface area contributed by atoms with Gasteiger partial charge >= 0.3 is 0 Å². The second-order valence-electron chi connectivity index (χ2n) is 8.73. The molecule has 8 heteroatoms. The van der Waals surface area contributed by atoms with Crippen molar-refractivity contribution >= 4 is 17.5 Å². The van der Waals surface area contributed by atoms with E-state index in [-0.39, 0.29) is 17.7 Å². The van der Waals surface area contributed by atoms with Crippen molar-refractivity contribution in [1.29, 1.82) is 0 Å². The average molecular weight is 504 g/mol. The number of aromatic nitrogens is 2. The molecule has 184 valence electrons. The first kappa shape index (κ1) is 23.8. The van der Waals surface area contributed by atoms with Gasteiger partial charge in [-0.15, -0.1) is 0 Å². The number of ether oxygens (including phenoxy) is 2. The van der Waals surface area contributed by atoms with E-state index < -0.39 is 0 Å². The van der Waals surface area contributed by atoms with Gasteiger partial charge in [-0.25, -0.2) is 0 Å². The van der Waals surface area contributed by atoms with Crippen LogP contribution < -0.4 is 9.47 Å². The average Bonchev–Trinajstić information content (AvgIpc) is 3.43. The number of phenols is 1. The van der Waals surface area contributed by atoms with Crippen molar-refractivity contribution in [3.63, 3.8) is 0 Å². The summed E-state index contributed by atoms with van der Waals surface area (Å²) in [5.41, 5.74) is 4.88. The van der Waals surface area contributed by atoms with Crippen molar-refractivity contribution in [3.05, 3.63) is 93.6 Å². The number of hydrogen-bond donors (Lipinski definition) is 2. The van der Waals surface area contributed by atoms with Crippen LogP contribution in [-0.2, 0) is 6.42 Å². The summed E-state index contributed by atoms with van der Waals surface area (Å²) in [6.07, 6.45) is 0.615. The maximum absolute atomic E-state index is 13.6. The summed E-state index contributed by atoms with van der Waals surface area (Å²) < 4.78 is 10.8. The number of hydrogen-bond acceptors (Lipinski definition) is 5. The van der Waals surface area contributed by atoms with Gasteiger partial charge in [-0.05, 0) is 54.3 Å². The molecule has 0 radical (unpaired) electrons. The fourth-order valence-electron chi connectivity index (χ4n) is 4.76. The molecule has 0 saturated heterocycles. The fraction of sp³-hybridized carbons (Fsp3) is 0.214. The van der Waals surface area contributed by atoms with Crippen LogP contribution in [0.3, 0.4) is 0 Å². The van der Waals surface area contributed by atoms with Gasteiger partial charge in [-0.2, -0.15) is 5.10 Å². The first-order valence-corrected chi connectivity index (χ1v) is 11.9. The van der Waals surface area contributed by atoms with Gasteiger partial charge in [-0.1, -0.05) is 48.0 Å². The highest BCUT2D eigenvalue weighted by Gasteiger charge is 2.42.